The van der Waals surface area contributed by atoms with Crippen molar-refractivity contribution in [2.24, 2.45) is 5.73 Å². The number of halogens is 2. The van der Waals surface area contributed by atoms with Crippen molar-refractivity contribution in [3.05, 3.63) is 23.8 Å². The number of alkyl halides is 2. The zero-order valence-electron chi connectivity index (χ0n) is 12.2. The van der Waals surface area contributed by atoms with Crippen LogP contribution >= 0.6 is 0 Å². The summed E-state index contributed by atoms with van der Waals surface area (Å²) in [4.78, 5) is 2.31. The molecule has 6 heteroatoms. The fourth-order valence-corrected chi connectivity index (χ4v) is 2.48. The molecule has 0 spiro atoms. The Labute approximate surface area is 123 Å². The molecule has 4 nitrogen and oxygen atoms in total. The molecule has 1 aromatic carbocycles. The lowest BCUT2D eigenvalue weighted by Gasteiger charge is -2.30. The highest BCUT2D eigenvalue weighted by Gasteiger charge is 2.17. The Hall–Kier alpha value is -1.40. The van der Waals surface area contributed by atoms with Crippen LogP contribution < -0.4 is 15.2 Å². The lowest BCUT2D eigenvalue weighted by molar-refractivity contribution is -0.0514. The van der Waals surface area contributed by atoms with Crippen LogP contribution in [0.4, 0.5) is 8.78 Å². The minimum absolute atomic E-state index is 0.0799. The van der Waals surface area contributed by atoms with Gasteiger partial charge < -0.3 is 15.2 Å². The number of benzene rings is 1. The van der Waals surface area contributed by atoms with Gasteiger partial charge in [0, 0.05) is 12.6 Å². The number of piperidine rings is 1. The highest BCUT2D eigenvalue weighted by Crippen LogP contribution is 2.30. The van der Waals surface area contributed by atoms with Crippen LogP contribution in [0.3, 0.4) is 0 Å². The van der Waals surface area contributed by atoms with E-state index in [2.05, 4.69) is 9.64 Å². The van der Waals surface area contributed by atoms with Gasteiger partial charge in [-0.05, 0) is 50.6 Å². The number of nitrogens with zero attached hydrogens (tertiary/aromatic N) is 1. The van der Waals surface area contributed by atoms with Gasteiger partial charge in [0.2, 0.25) is 0 Å². The van der Waals surface area contributed by atoms with Crippen LogP contribution in [0.25, 0.3) is 0 Å². The average molecular weight is 300 g/mol. The lowest BCUT2D eigenvalue weighted by Crippen LogP contribution is -2.39. The number of likely N-dealkylation sites (tertiary alicyclic amines) is 1. The van der Waals surface area contributed by atoms with Gasteiger partial charge in [-0.15, -0.1) is 0 Å². The van der Waals surface area contributed by atoms with Crippen molar-refractivity contribution in [3.8, 4) is 11.5 Å². The number of rotatable bonds is 6. The molecule has 0 amide bonds. The van der Waals surface area contributed by atoms with Crippen molar-refractivity contribution in [2.45, 2.75) is 39.0 Å². The normalized spacial score (nSPS) is 17.2. The van der Waals surface area contributed by atoms with Crippen LogP contribution in [0.5, 0.6) is 11.5 Å². The van der Waals surface area contributed by atoms with Gasteiger partial charge in [-0.1, -0.05) is 6.07 Å². The third kappa shape index (κ3) is 4.82. The second-order valence-corrected chi connectivity index (χ2v) is 5.21. The second kappa shape index (κ2) is 7.56. The van der Waals surface area contributed by atoms with Gasteiger partial charge in [0.1, 0.15) is 0 Å². The van der Waals surface area contributed by atoms with Crippen molar-refractivity contribution in [1.29, 1.82) is 0 Å². The molecule has 21 heavy (non-hydrogen) atoms. The van der Waals surface area contributed by atoms with Crippen molar-refractivity contribution in [1.82, 2.24) is 4.90 Å². The fraction of sp³-hybridized carbons (Fsp3) is 0.600. The van der Waals surface area contributed by atoms with E-state index >= 15 is 0 Å². The van der Waals surface area contributed by atoms with E-state index in [0.29, 0.717) is 18.4 Å². The first-order valence-electron chi connectivity index (χ1n) is 7.27. The number of hydrogen-bond donors (Lipinski definition) is 1. The zero-order valence-corrected chi connectivity index (χ0v) is 12.2. The molecule has 118 valence electrons. The van der Waals surface area contributed by atoms with E-state index in [9.17, 15) is 8.78 Å². The van der Waals surface area contributed by atoms with E-state index < -0.39 is 6.61 Å². The predicted molar refractivity (Wildman–Crippen MR) is 76.7 cm³/mol. The molecule has 0 aromatic heterocycles. The summed E-state index contributed by atoms with van der Waals surface area (Å²) in [7, 11) is 0. The Morgan fingerprint density at radius 1 is 1.29 bits per heavy atom. The maximum absolute atomic E-state index is 12.4. The summed E-state index contributed by atoms with van der Waals surface area (Å²) in [5.74, 6) is 0.445. The standard InChI is InChI=1S/C15H22F2N2O2/c1-2-20-14-9-11(3-4-13(14)21-15(16)17)10-19-7-5-12(18)6-8-19/h3-4,9,12,15H,2,5-8,10,18H2,1H3. The number of hydrogen-bond acceptors (Lipinski definition) is 4. The molecular weight excluding hydrogens is 278 g/mol. The third-order valence-electron chi connectivity index (χ3n) is 3.56. The van der Waals surface area contributed by atoms with Gasteiger partial charge in [0.25, 0.3) is 0 Å². The molecule has 1 saturated heterocycles. The average Bonchev–Trinajstić information content (AvgIpc) is 2.44. The van der Waals surface area contributed by atoms with Gasteiger partial charge in [0.05, 0.1) is 6.61 Å². The van der Waals surface area contributed by atoms with Crippen molar-refractivity contribution >= 4 is 0 Å². The van der Waals surface area contributed by atoms with Gasteiger partial charge in [-0.3, -0.25) is 4.90 Å². The molecule has 1 aromatic rings. The Bertz CT molecular complexity index is 449. The first-order chi connectivity index (χ1) is 10.1. The largest absolute Gasteiger partial charge is 0.490 e. The summed E-state index contributed by atoms with van der Waals surface area (Å²) >= 11 is 0. The summed E-state index contributed by atoms with van der Waals surface area (Å²) in [6.45, 7) is 2.05. The first kappa shape index (κ1) is 16.0. The van der Waals surface area contributed by atoms with Crippen LogP contribution in [-0.2, 0) is 6.54 Å². The molecule has 1 aliphatic rings. The van der Waals surface area contributed by atoms with E-state index in [-0.39, 0.29) is 5.75 Å². The quantitative estimate of drug-likeness (QED) is 0.877. The van der Waals surface area contributed by atoms with Gasteiger partial charge in [-0.2, -0.15) is 8.78 Å². The molecule has 0 radical (unpaired) electrons. The molecule has 2 N–H and O–H groups in total. The highest BCUT2D eigenvalue weighted by molar-refractivity contribution is 5.43. The summed E-state index contributed by atoms with van der Waals surface area (Å²) in [5.41, 5.74) is 6.91. The topological polar surface area (TPSA) is 47.7 Å². The summed E-state index contributed by atoms with van der Waals surface area (Å²) in [6.07, 6.45) is 1.98. The molecular formula is C15H22F2N2O2. The molecule has 2 rings (SSSR count). The molecule has 0 aliphatic carbocycles. The molecule has 0 saturated carbocycles. The van der Waals surface area contributed by atoms with E-state index in [1.807, 2.05) is 6.92 Å². The van der Waals surface area contributed by atoms with E-state index in [0.717, 1.165) is 38.0 Å². The lowest BCUT2D eigenvalue weighted by atomic mass is 10.1. The monoisotopic (exact) mass is 300 g/mol. The Balaban J connectivity index is 2.04. The second-order valence-electron chi connectivity index (χ2n) is 5.21. The fourth-order valence-electron chi connectivity index (χ4n) is 2.48. The summed E-state index contributed by atoms with van der Waals surface area (Å²) in [6, 6.07) is 5.41. The SMILES string of the molecule is CCOc1cc(CN2CCC(N)CC2)ccc1OC(F)F. The third-order valence-corrected chi connectivity index (χ3v) is 3.56. The molecule has 1 fully saturated rings. The predicted octanol–water partition coefficient (Wildman–Crippen LogP) is 2.61. The van der Waals surface area contributed by atoms with Gasteiger partial charge >= 0.3 is 6.61 Å². The molecule has 1 heterocycles. The smallest absolute Gasteiger partial charge is 0.387 e. The van der Waals surface area contributed by atoms with Gasteiger partial charge in [0.15, 0.2) is 11.5 Å². The molecule has 0 bridgehead atoms. The Morgan fingerprint density at radius 3 is 2.62 bits per heavy atom. The molecule has 1 aliphatic heterocycles. The maximum atomic E-state index is 12.4. The maximum Gasteiger partial charge on any atom is 0.387 e. The zero-order chi connectivity index (χ0) is 15.2. The van der Waals surface area contributed by atoms with Crippen LogP contribution in [0.15, 0.2) is 18.2 Å². The Kier molecular flexibility index (Phi) is 5.76. The van der Waals surface area contributed by atoms with E-state index in [1.165, 1.54) is 0 Å². The molecule has 0 atom stereocenters. The van der Waals surface area contributed by atoms with Crippen LogP contribution in [-0.4, -0.2) is 37.2 Å². The van der Waals surface area contributed by atoms with Crippen molar-refractivity contribution in [2.75, 3.05) is 19.7 Å². The van der Waals surface area contributed by atoms with Crippen LogP contribution in [0.2, 0.25) is 0 Å². The minimum Gasteiger partial charge on any atom is -0.490 e. The van der Waals surface area contributed by atoms with E-state index in [1.54, 1.807) is 18.2 Å². The summed E-state index contributed by atoms with van der Waals surface area (Å²) < 4.78 is 34.6. The molecule has 0 unspecified atom stereocenters. The minimum atomic E-state index is -2.85. The van der Waals surface area contributed by atoms with E-state index in [4.69, 9.17) is 10.5 Å². The highest BCUT2D eigenvalue weighted by atomic mass is 19.3. The summed E-state index contributed by atoms with van der Waals surface area (Å²) in [5, 5.41) is 0. The number of nitrogens with two attached hydrogens (primary N) is 1. The van der Waals surface area contributed by atoms with Crippen molar-refractivity contribution in [3.63, 3.8) is 0 Å². The number of ether oxygens (including phenoxy) is 2. The van der Waals surface area contributed by atoms with Crippen LogP contribution in [0.1, 0.15) is 25.3 Å². The Morgan fingerprint density at radius 2 is 2.00 bits per heavy atom. The van der Waals surface area contributed by atoms with Crippen molar-refractivity contribution < 1.29 is 18.3 Å². The van der Waals surface area contributed by atoms with Gasteiger partial charge in [-0.25, -0.2) is 0 Å². The van der Waals surface area contributed by atoms with Crippen LogP contribution in [0, 0.1) is 0 Å². The first-order valence-corrected chi connectivity index (χ1v) is 7.27.